The first-order valence-corrected chi connectivity index (χ1v) is 10.7. The van der Waals surface area contributed by atoms with Crippen molar-refractivity contribution in [2.45, 2.75) is 18.2 Å². The van der Waals surface area contributed by atoms with E-state index in [1.807, 2.05) is 36.4 Å². The fourth-order valence-corrected chi connectivity index (χ4v) is 3.91. The van der Waals surface area contributed by atoms with E-state index in [1.165, 1.54) is 11.9 Å². The van der Waals surface area contributed by atoms with Gasteiger partial charge in [0.25, 0.3) is 0 Å². The molecule has 160 valence electrons. The number of ether oxygens (including phenoxy) is 3. The molecule has 10 heteroatoms. The smallest absolute Gasteiger partial charge is 0.187 e. The molecule has 2 aromatic heterocycles. The molecule has 1 aliphatic heterocycles. The first-order valence-electron chi connectivity index (χ1n) is 9.84. The van der Waals surface area contributed by atoms with Crippen molar-refractivity contribution in [3.8, 4) is 17.2 Å². The summed E-state index contributed by atoms with van der Waals surface area (Å²) in [6, 6.07) is 11.5. The molecule has 3 N–H and O–H groups in total. The number of hydrogen-bond acceptors (Lipinski definition) is 9. The van der Waals surface area contributed by atoms with Crippen molar-refractivity contribution < 1.29 is 18.7 Å². The fraction of sp³-hybridized carbons (Fsp3) is 0.238. The number of nitrogens with one attached hydrogen (secondary N) is 3. The number of benzene rings is 2. The molecule has 9 nitrogen and oxygen atoms in total. The van der Waals surface area contributed by atoms with Crippen molar-refractivity contribution >= 4 is 40.2 Å². The minimum atomic E-state index is 0.552. The van der Waals surface area contributed by atoms with Crippen molar-refractivity contribution in [1.82, 2.24) is 15.4 Å². The van der Waals surface area contributed by atoms with Gasteiger partial charge in [0.1, 0.15) is 19.0 Å². The molecule has 0 saturated carbocycles. The Morgan fingerprint density at radius 1 is 1.13 bits per heavy atom. The van der Waals surface area contributed by atoms with Gasteiger partial charge in [-0.2, -0.15) is 5.10 Å². The number of anilines is 3. The second kappa shape index (κ2) is 8.31. The van der Waals surface area contributed by atoms with E-state index in [0.717, 1.165) is 39.6 Å². The lowest BCUT2D eigenvalue weighted by Crippen LogP contribution is -2.15. The van der Waals surface area contributed by atoms with Crippen LogP contribution in [0.5, 0.6) is 17.2 Å². The van der Waals surface area contributed by atoms with Crippen molar-refractivity contribution in [3.63, 3.8) is 0 Å². The zero-order valence-corrected chi connectivity index (χ0v) is 17.8. The molecule has 5 rings (SSSR count). The Bertz CT molecular complexity index is 1220. The molecule has 0 bridgehead atoms. The Morgan fingerprint density at radius 3 is 2.81 bits per heavy atom. The molecule has 0 spiro atoms. The van der Waals surface area contributed by atoms with Crippen LogP contribution in [0.1, 0.15) is 12.6 Å². The van der Waals surface area contributed by atoms with E-state index in [0.29, 0.717) is 36.2 Å². The van der Waals surface area contributed by atoms with Crippen LogP contribution in [-0.4, -0.2) is 35.7 Å². The SMILES string of the molecule is CCc1cc(Nc2cc3onc(NSc4ccc5c(c4)OCCO5)c3cc2OC)n[nH]1. The van der Waals surface area contributed by atoms with Crippen LogP contribution in [0.15, 0.2) is 45.8 Å². The van der Waals surface area contributed by atoms with Crippen LogP contribution in [0.25, 0.3) is 11.0 Å². The first-order chi connectivity index (χ1) is 15.2. The van der Waals surface area contributed by atoms with E-state index >= 15 is 0 Å². The quantitative estimate of drug-likeness (QED) is 0.351. The van der Waals surface area contributed by atoms with Gasteiger partial charge in [-0.15, -0.1) is 0 Å². The molecule has 0 atom stereocenters. The maximum atomic E-state index is 5.64. The van der Waals surface area contributed by atoms with E-state index in [2.05, 4.69) is 32.3 Å². The third kappa shape index (κ3) is 3.93. The average molecular weight is 439 g/mol. The van der Waals surface area contributed by atoms with Crippen LogP contribution < -0.4 is 24.2 Å². The summed E-state index contributed by atoms with van der Waals surface area (Å²) >= 11 is 1.41. The van der Waals surface area contributed by atoms with Gasteiger partial charge in [-0.1, -0.05) is 12.1 Å². The first kappa shape index (κ1) is 19.4. The molecule has 0 amide bonds. The molecule has 0 fully saturated rings. The lowest BCUT2D eigenvalue weighted by Gasteiger charge is -2.18. The number of H-pyrrole nitrogens is 1. The molecule has 0 unspecified atom stereocenters. The second-order valence-corrected chi connectivity index (χ2v) is 7.73. The molecule has 31 heavy (non-hydrogen) atoms. The van der Waals surface area contributed by atoms with Gasteiger partial charge in [-0.25, -0.2) is 0 Å². The van der Waals surface area contributed by atoms with Crippen LogP contribution >= 0.6 is 11.9 Å². The number of fused-ring (bicyclic) bond motifs is 2. The summed E-state index contributed by atoms with van der Waals surface area (Å²) in [7, 11) is 1.62. The standard InChI is InChI=1S/C21H21N5O4S/c1-3-12-8-20(24-23-12)22-15-11-17-14(10-18(15)27-2)21(25-30-17)26-31-13-4-5-16-19(9-13)29-7-6-28-16/h4-5,8-11H,3,6-7H2,1-2H3,(H,25,26)(H2,22,23,24). The van der Waals surface area contributed by atoms with E-state index in [-0.39, 0.29) is 0 Å². The number of aromatic amines is 1. The zero-order valence-electron chi connectivity index (χ0n) is 17.0. The maximum absolute atomic E-state index is 5.64. The Labute approximate surface area is 182 Å². The summed E-state index contributed by atoms with van der Waals surface area (Å²) in [5.41, 5.74) is 2.41. The monoisotopic (exact) mass is 439 g/mol. The van der Waals surface area contributed by atoms with Crippen LogP contribution in [0.4, 0.5) is 17.3 Å². The van der Waals surface area contributed by atoms with Gasteiger partial charge < -0.3 is 28.8 Å². The number of aromatic nitrogens is 3. The Kier molecular flexibility index (Phi) is 5.21. The predicted molar refractivity (Wildman–Crippen MR) is 119 cm³/mol. The molecule has 2 aromatic carbocycles. The Morgan fingerprint density at radius 2 is 2.00 bits per heavy atom. The minimum absolute atomic E-state index is 0.552. The number of methoxy groups -OCH3 is 1. The summed E-state index contributed by atoms with van der Waals surface area (Å²) < 4.78 is 25.6. The highest BCUT2D eigenvalue weighted by atomic mass is 32.2. The van der Waals surface area contributed by atoms with E-state index in [1.54, 1.807) is 7.11 Å². The van der Waals surface area contributed by atoms with Gasteiger partial charge in [0.05, 0.1) is 18.2 Å². The highest BCUT2D eigenvalue weighted by Gasteiger charge is 2.16. The molecule has 0 saturated heterocycles. The predicted octanol–water partition coefficient (Wildman–Crippen LogP) is 4.76. The molecule has 0 aliphatic carbocycles. The van der Waals surface area contributed by atoms with Crippen molar-refractivity contribution in [2.24, 2.45) is 0 Å². The second-order valence-electron chi connectivity index (χ2n) is 6.85. The van der Waals surface area contributed by atoms with E-state index in [9.17, 15) is 0 Å². The number of hydrogen-bond donors (Lipinski definition) is 3. The molecule has 0 radical (unpaired) electrons. The normalized spacial score (nSPS) is 12.7. The topological polar surface area (TPSA) is 106 Å². The summed E-state index contributed by atoms with van der Waals surface area (Å²) in [5, 5.41) is 15.5. The average Bonchev–Trinajstić information content (AvgIpc) is 3.43. The van der Waals surface area contributed by atoms with Crippen LogP contribution in [0, 0.1) is 0 Å². The van der Waals surface area contributed by atoms with E-state index < -0.39 is 0 Å². The number of aryl methyl sites for hydroxylation is 1. The van der Waals surface area contributed by atoms with Crippen molar-refractivity contribution in [2.75, 3.05) is 30.4 Å². The number of rotatable bonds is 7. The van der Waals surface area contributed by atoms with Crippen LogP contribution in [0.3, 0.4) is 0 Å². The minimum Gasteiger partial charge on any atom is -0.495 e. The van der Waals surface area contributed by atoms with Crippen LogP contribution in [0.2, 0.25) is 0 Å². The van der Waals surface area contributed by atoms with Gasteiger partial charge in [0.15, 0.2) is 28.7 Å². The van der Waals surface area contributed by atoms with Gasteiger partial charge in [0.2, 0.25) is 0 Å². The summed E-state index contributed by atoms with van der Waals surface area (Å²) in [4.78, 5) is 0.968. The molecule has 3 heterocycles. The van der Waals surface area contributed by atoms with Crippen molar-refractivity contribution in [1.29, 1.82) is 0 Å². The fourth-order valence-electron chi connectivity index (χ4n) is 3.24. The molecule has 1 aliphatic rings. The van der Waals surface area contributed by atoms with E-state index in [4.69, 9.17) is 18.7 Å². The van der Waals surface area contributed by atoms with Gasteiger partial charge in [-0.3, -0.25) is 5.10 Å². The summed E-state index contributed by atoms with van der Waals surface area (Å²) in [5.74, 6) is 3.47. The molecule has 4 aromatic rings. The maximum Gasteiger partial charge on any atom is 0.187 e. The highest BCUT2D eigenvalue weighted by Crippen LogP contribution is 2.38. The Hall–Kier alpha value is -3.53. The molecular weight excluding hydrogens is 418 g/mol. The van der Waals surface area contributed by atoms with Crippen LogP contribution in [-0.2, 0) is 6.42 Å². The number of nitrogens with zero attached hydrogens (tertiary/aromatic N) is 2. The third-order valence-electron chi connectivity index (χ3n) is 4.85. The van der Waals surface area contributed by atoms with Gasteiger partial charge in [-0.05, 0) is 42.6 Å². The van der Waals surface area contributed by atoms with Crippen molar-refractivity contribution in [3.05, 3.63) is 42.1 Å². The zero-order chi connectivity index (χ0) is 21.2. The highest BCUT2D eigenvalue weighted by molar-refractivity contribution is 8.00. The van der Waals surface area contributed by atoms with Gasteiger partial charge in [0, 0.05) is 22.7 Å². The van der Waals surface area contributed by atoms with Gasteiger partial charge >= 0.3 is 0 Å². The lowest BCUT2D eigenvalue weighted by atomic mass is 10.2. The molecular formula is C21H21N5O4S. The lowest BCUT2D eigenvalue weighted by molar-refractivity contribution is 0.171. The summed E-state index contributed by atoms with van der Waals surface area (Å²) in [6.07, 6.45) is 0.878. The largest absolute Gasteiger partial charge is 0.495 e. The summed E-state index contributed by atoms with van der Waals surface area (Å²) in [6.45, 7) is 3.19. The third-order valence-corrected chi connectivity index (χ3v) is 5.63. The Balaban J connectivity index is 1.36.